The van der Waals surface area contributed by atoms with Gasteiger partial charge in [0.1, 0.15) is 0 Å². The van der Waals surface area contributed by atoms with E-state index in [2.05, 4.69) is 4.99 Å². The fraction of sp³-hybridized carbons (Fsp3) is 0.100. The number of nitrogens with zero attached hydrogens (tertiary/aromatic N) is 1. The molecule has 0 aliphatic rings. The number of halogens is 3. The molecule has 0 fully saturated rings. The molecule has 16 heavy (non-hydrogen) atoms. The zero-order valence-electron chi connectivity index (χ0n) is 8.38. The average Bonchev–Trinajstić information content (AvgIpc) is 2.26. The van der Waals surface area contributed by atoms with Gasteiger partial charge in [0.2, 0.25) is 0 Å². The van der Waals surface area contributed by atoms with E-state index >= 15 is 0 Å². The molecule has 1 aromatic carbocycles. The van der Waals surface area contributed by atoms with Crippen molar-refractivity contribution < 1.29 is 0 Å². The maximum atomic E-state index is 6.08. The highest BCUT2D eigenvalue weighted by Gasteiger charge is 2.11. The van der Waals surface area contributed by atoms with Gasteiger partial charge in [0.15, 0.2) is 0 Å². The molecule has 6 heteroatoms. The largest absolute Gasteiger partial charge is 0.390 e. The molecule has 0 amide bonds. The second-order valence-electron chi connectivity index (χ2n) is 2.74. The standard InChI is InChI=1S/C10H9Cl3N2S/c1-16-4-8(15-5-14)6-2-3-7(11)10(13)9(6)12/h2-5H,1H3,(H2,14,15)/b8-4-. The third kappa shape index (κ3) is 3.08. The second-order valence-corrected chi connectivity index (χ2v) is 4.61. The number of hydrogen-bond donors (Lipinski definition) is 1. The van der Waals surface area contributed by atoms with Gasteiger partial charge in [-0.3, -0.25) is 0 Å². The summed E-state index contributed by atoms with van der Waals surface area (Å²) in [6.45, 7) is 0. The zero-order chi connectivity index (χ0) is 12.1. The summed E-state index contributed by atoms with van der Waals surface area (Å²) in [6.07, 6.45) is 3.12. The number of thioether (sulfide) groups is 1. The van der Waals surface area contributed by atoms with Crippen molar-refractivity contribution in [3.8, 4) is 0 Å². The van der Waals surface area contributed by atoms with Crippen molar-refractivity contribution in [2.75, 3.05) is 6.26 Å². The minimum absolute atomic E-state index is 0.319. The maximum absolute atomic E-state index is 6.08. The normalized spacial score (nSPS) is 12.4. The van der Waals surface area contributed by atoms with Crippen molar-refractivity contribution in [1.82, 2.24) is 0 Å². The first-order valence-electron chi connectivity index (χ1n) is 4.23. The van der Waals surface area contributed by atoms with Crippen LogP contribution in [0.3, 0.4) is 0 Å². The van der Waals surface area contributed by atoms with Crippen LogP contribution < -0.4 is 5.73 Å². The lowest BCUT2D eigenvalue weighted by atomic mass is 10.2. The van der Waals surface area contributed by atoms with Crippen LogP contribution in [0.2, 0.25) is 15.1 Å². The smallest absolute Gasteiger partial charge is 0.0860 e. The van der Waals surface area contributed by atoms with Gasteiger partial charge in [0, 0.05) is 5.56 Å². The summed E-state index contributed by atoms with van der Waals surface area (Å²) < 4.78 is 0. The Balaban J connectivity index is 3.31. The molecule has 0 atom stereocenters. The Morgan fingerprint density at radius 2 is 2.00 bits per heavy atom. The van der Waals surface area contributed by atoms with E-state index in [0.29, 0.717) is 26.3 Å². The first-order valence-corrected chi connectivity index (χ1v) is 6.65. The summed E-state index contributed by atoms with van der Waals surface area (Å²) in [6, 6.07) is 3.43. The molecule has 0 saturated carbocycles. The van der Waals surface area contributed by atoms with Gasteiger partial charge in [-0.25, -0.2) is 4.99 Å². The molecule has 0 aliphatic carbocycles. The van der Waals surface area contributed by atoms with Gasteiger partial charge in [-0.05, 0) is 23.8 Å². The van der Waals surface area contributed by atoms with Crippen LogP contribution in [0.1, 0.15) is 5.56 Å². The fourth-order valence-corrected chi connectivity index (χ4v) is 2.12. The Hall–Kier alpha value is -0.350. The van der Waals surface area contributed by atoms with Gasteiger partial charge >= 0.3 is 0 Å². The van der Waals surface area contributed by atoms with Gasteiger partial charge < -0.3 is 5.73 Å². The highest BCUT2D eigenvalue weighted by Crippen LogP contribution is 2.36. The Morgan fingerprint density at radius 3 is 2.56 bits per heavy atom. The van der Waals surface area contributed by atoms with Crippen LogP contribution in [-0.2, 0) is 0 Å². The molecule has 2 nitrogen and oxygen atoms in total. The summed E-state index contributed by atoms with van der Waals surface area (Å²) in [5, 5.41) is 2.94. The van der Waals surface area contributed by atoms with Crippen LogP contribution in [0, 0.1) is 0 Å². The molecule has 0 spiro atoms. The van der Waals surface area contributed by atoms with Crippen molar-refractivity contribution >= 4 is 58.6 Å². The van der Waals surface area contributed by atoms with E-state index in [1.807, 2.05) is 11.7 Å². The third-order valence-corrected chi connectivity index (χ3v) is 3.51. The molecule has 2 N–H and O–H groups in total. The molecule has 0 unspecified atom stereocenters. The average molecular weight is 296 g/mol. The molecule has 0 aromatic heterocycles. The van der Waals surface area contributed by atoms with Gasteiger partial charge in [0.25, 0.3) is 0 Å². The lowest BCUT2D eigenvalue weighted by Crippen LogP contribution is -1.91. The minimum atomic E-state index is 0.319. The first-order chi connectivity index (χ1) is 7.61. The summed E-state index contributed by atoms with van der Waals surface area (Å²) in [4.78, 5) is 4.02. The molecule has 0 saturated heterocycles. The van der Waals surface area contributed by atoms with E-state index in [1.54, 1.807) is 12.1 Å². The number of hydrogen-bond acceptors (Lipinski definition) is 2. The zero-order valence-corrected chi connectivity index (χ0v) is 11.5. The molecule has 86 valence electrons. The maximum Gasteiger partial charge on any atom is 0.0860 e. The molecule has 0 radical (unpaired) electrons. The Morgan fingerprint density at radius 1 is 1.31 bits per heavy atom. The van der Waals surface area contributed by atoms with E-state index in [-0.39, 0.29) is 0 Å². The molecule has 0 aliphatic heterocycles. The lowest BCUT2D eigenvalue weighted by Gasteiger charge is -2.07. The highest BCUT2D eigenvalue weighted by molar-refractivity contribution is 8.01. The van der Waals surface area contributed by atoms with E-state index in [9.17, 15) is 0 Å². The van der Waals surface area contributed by atoms with Gasteiger partial charge in [-0.1, -0.05) is 34.8 Å². The predicted octanol–water partition coefficient (Wildman–Crippen LogP) is 4.30. The van der Waals surface area contributed by atoms with Crippen LogP contribution in [0.5, 0.6) is 0 Å². The second kappa shape index (κ2) is 6.40. The van der Waals surface area contributed by atoms with E-state index in [4.69, 9.17) is 40.5 Å². The predicted molar refractivity (Wildman–Crippen MR) is 75.6 cm³/mol. The topological polar surface area (TPSA) is 38.4 Å². The summed E-state index contributed by atoms with van der Waals surface area (Å²) >= 11 is 19.4. The molecule has 0 bridgehead atoms. The van der Waals surface area contributed by atoms with Crippen molar-refractivity contribution in [1.29, 1.82) is 0 Å². The number of aliphatic imine (C=N–C) groups is 1. The van der Waals surface area contributed by atoms with Crippen LogP contribution in [0.25, 0.3) is 5.70 Å². The number of rotatable bonds is 3. The van der Waals surface area contributed by atoms with Gasteiger partial charge in [-0.15, -0.1) is 11.8 Å². The minimum Gasteiger partial charge on any atom is -0.390 e. The van der Waals surface area contributed by atoms with E-state index in [0.717, 1.165) is 0 Å². The molecule has 1 rings (SSSR count). The van der Waals surface area contributed by atoms with Crippen molar-refractivity contribution in [2.24, 2.45) is 10.7 Å². The number of nitrogens with two attached hydrogens (primary N) is 1. The van der Waals surface area contributed by atoms with E-state index in [1.165, 1.54) is 18.1 Å². The Bertz CT molecular complexity index is 444. The highest BCUT2D eigenvalue weighted by atomic mass is 35.5. The van der Waals surface area contributed by atoms with Crippen molar-refractivity contribution in [3.63, 3.8) is 0 Å². The molecular formula is C10H9Cl3N2S. The SMILES string of the molecule is CS/C=C(\N=CN)c1ccc(Cl)c(Cl)c1Cl. The third-order valence-electron chi connectivity index (χ3n) is 1.75. The summed E-state index contributed by atoms with van der Waals surface area (Å²) in [5.74, 6) is 0. The molecule has 0 heterocycles. The lowest BCUT2D eigenvalue weighted by molar-refractivity contribution is 1.51. The van der Waals surface area contributed by atoms with Crippen LogP contribution in [0.4, 0.5) is 0 Å². The molecular weight excluding hydrogens is 287 g/mol. The summed E-state index contributed by atoms with van der Waals surface area (Å²) in [7, 11) is 0. The quantitative estimate of drug-likeness (QED) is 0.513. The Labute approximate surface area is 113 Å². The summed E-state index contributed by atoms with van der Waals surface area (Å²) in [5.41, 5.74) is 6.62. The van der Waals surface area contributed by atoms with Crippen molar-refractivity contribution in [3.05, 3.63) is 38.2 Å². The van der Waals surface area contributed by atoms with Crippen molar-refractivity contribution in [2.45, 2.75) is 0 Å². The van der Waals surface area contributed by atoms with E-state index < -0.39 is 0 Å². The van der Waals surface area contributed by atoms with Gasteiger partial charge in [0.05, 0.1) is 27.1 Å². The molecule has 1 aromatic rings. The first kappa shape index (κ1) is 13.7. The monoisotopic (exact) mass is 294 g/mol. The fourth-order valence-electron chi connectivity index (χ4n) is 1.08. The van der Waals surface area contributed by atoms with Crippen LogP contribution in [0.15, 0.2) is 22.5 Å². The Kier molecular flexibility index (Phi) is 5.49. The van der Waals surface area contributed by atoms with Crippen LogP contribution in [-0.4, -0.2) is 12.6 Å². The van der Waals surface area contributed by atoms with Crippen LogP contribution >= 0.6 is 46.6 Å². The van der Waals surface area contributed by atoms with Gasteiger partial charge in [-0.2, -0.15) is 0 Å². The number of benzene rings is 1.